The average molecular weight is 300 g/mol. The maximum absolute atomic E-state index is 12.4. The van der Waals surface area contributed by atoms with Gasteiger partial charge in [-0.2, -0.15) is 9.98 Å². The Hall–Kier alpha value is -2.16. The van der Waals surface area contributed by atoms with Crippen LogP contribution in [0.25, 0.3) is 0 Å². The Morgan fingerprint density at radius 2 is 1.71 bits per heavy atom. The fraction of sp³-hybridized carbons (Fsp3) is 0.188. The van der Waals surface area contributed by atoms with Gasteiger partial charge in [0, 0.05) is 0 Å². The van der Waals surface area contributed by atoms with Crippen molar-refractivity contribution in [1.29, 1.82) is 5.26 Å². The van der Waals surface area contributed by atoms with Gasteiger partial charge in [-0.15, -0.1) is 0 Å². The van der Waals surface area contributed by atoms with E-state index in [4.69, 9.17) is 0 Å². The number of nitriles is 1. The largest absolute Gasteiger partial charge is 0.242 e. The summed E-state index contributed by atoms with van der Waals surface area (Å²) in [5.74, 6) is 0. The zero-order chi connectivity index (χ0) is 15.5. The SMILES string of the molecule is Cc1ccc(S(=O)(=O)NC(C#N)c2ccccc2)cc1C. The third kappa shape index (κ3) is 3.48. The number of sulfonamides is 1. The van der Waals surface area contributed by atoms with Crippen molar-refractivity contribution in [2.24, 2.45) is 0 Å². The van der Waals surface area contributed by atoms with E-state index in [1.807, 2.05) is 26.0 Å². The highest BCUT2D eigenvalue weighted by Gasteiger charge is 2.21. The topological polar surface area (TPSA) is 70.0 Å². The van der Waals surface area contributed by atoms with Crippen LogP contribution in [0.1, 0.15) is 22.7 Å². The molecular weight excluding hydrogens is 284 g/mol. The Labute approximate surface area is 125 Å². The minimum absolute atomic E-state index is 0.168. The lowest BCUT2D eigenvalue weighted by molar-refractivity contribution is 0.575. The Kier molecular flexibility index (Phi) is 4.41. The molecule has 0 saturated carbocycles. The quantitative estimate of drug-likeness (QED) is 0.944. The minimum Gasteiger partial charge on any atom is -0.207 e. The van der Waals surface area contributed by atoms with Crippen LogP contribution >= 0.6 is 0 Å². The molecule has 2 rings (SSSR count). The van der Waals surface area contributed by atoms with Gasteiger partial charge in [0.1, 0.15) is 6.04 Å². The van der Waals surface area contributed by atoms with Gasteiger partial charge < -0.3 is 0 Å². The maximum atomic E-state index is 12.4. The third-order valence-electron chi connectivity index (χ3n) is 3.32. The van der Waals surface area contributed by atoms with Crippen molar-refractivity contribution >= 4 is 10.0 Å². The van der Waals surface area contributed by atoms with E-state index in [1.54, 1.807) is 42.5 Å². The molecule has 0 saturated heterocycles. The van der Waals surface area contributed by atoms with Crippen LogP contribution in [0.4, 0.5) is 0 Å². The van der Waals surface area contributed by atoms with E-state index >= 15 is 0 Å². The summed E-state index contributed by atoms with van der Waals surface area (Å²) in [7, 11) is -3.73. The lowest BCUT2D eigenvalue weighted by Gasteiger charge is -2.13. The van der Waals surface area contributed by atoms with Crippen LogP contribution in [-0.2, 0) is 10.0 Å². The summed E-state index contributed by atoms with van der Waals surface area (Å²) in [6.07, 6.45) is 0. The highest BCUT2D eigenvalue weighted by molar-refractivity contribution is 7.89. The Bertz CT molecular complexity index is 778. The number of aryl methyl sites for hydroxylation is 2. The van der Waals surface area contributed by atoms with Crippen molar-refractivity contribution < 1.29 is 8.42 Å². The molecule has 21 heavy (non-hydrogen) atoms. The number of rotatable bonds is 4. The Morgan fingerprint density at radius 1 is 1.05 bits per heavy atom. The van der Waals surface area contributed by atoms with Gasteiger partial charge in [-0.05, 0) is 42.7 Å². The lowest BCUT2D eigenvalue weighted by Crippen LogP contribution is -2.27. The second-order valence-electron chi connectivity index (χ2n) is 4.84. The summed E-state index contributed by atoms with van der Waals surface area (Å²) < 4.78 is 27.2. The van der Waals surface area contributed by atoms with Crippen molar-refractivity contribution in [2.75, 3.05) is 0 Å². The fourth-order valence-electron chi connectivity index (χ4n) is 1.92. The molecule has 0 radical (unpaired) electrons. The molecule has 0 aliphatic carbocycles. The second kappa shape index (κ2) is 6.08. The summed E-state index contributed by atoms with van der Waals surface area (Å²) in [6, 6.07) is 14.8. The zero-order valence-electron chi connectivity index (χ0n) is 11.9. The van der Waals surface area contributed by atoms with Gasteiger partial charge in [0.25, 0.3) is 0 Å². The van der Waals surface area contributed by atoms with Gasteiger partial charge in [-0.1, -0.05) is 36.4 Å². The van der Waals surface area contributed by atoms with Crippen LogP contribution in [0.15, 0.2) is 53.4 Å². The molecule has 0 amide bonds. The van der Waals surface area contributed by atoms with Crippen molar-refractivity contribution in [1.82, 2.24) is 4.72 Å². The van der Waals surface area contributed by atoms with Gasteiger partial charge in [0.15, 0.2) is 0 Å². The molecular formula is C16H16N2O2S. The summed E-state index contributed by atoms with van der Waals surface area (Å²) in [4.78, 5) is 0.168. The smallest absolute Gasteiger partial charge is 0.207 e. The molecule has 2 aromatic carbocycles. The normalized spacial score (nSPS) is 12.6. The number of nitrogens with one attached hydrogen (secondary N) is 1. The van der Waals surface area contributed by atoms with Crippen molar-refractivity contribution in [2.45, 2.75) is 24.8 Å². The zero-order valence-corrected chi connectivity index (χ0v) is 12.7. The molecule has 0 aromatic heterocycles. The first kappa shape index (κ1) is 15.2. The molecule has 0 bridgehead atoms. The van der Waals surface area contributed by atoms with E-state index in [1.165, 1.54) is 0 Å². The first-order valence-corrected chi connectivity index (χ1v) is 7.96. The molecule has 1 N–H and O–H groups in total. The van der Waals surface area contributed by atoms with E-state index in [0.29, 0.717) is 5.56 Å². The Balaban J connectivity index is 2.32. The van der Waals surface area contributed by atoms with E-state index < -0.39 is 16.1 Å². The highest BCUT2D eigenvalue weighted by Crippen LogP contribution is 2.18. The van der Waals surface area contributed by atoms with Crippen molar-refractivity contribution in [3.63, 3.8) is 0 Å². The van der Waals surface area contributed by atoms with Gasteiger partial charge in [0.05, 0.1) is 11.0 Å². The molecule has 0 spiro atoms. The van der Waals surface area contributed by atoms with E-state index in [0.717, 1.165) is 11.1 Å². The van der Waals surface area contributed by atoms with E-state index in [2.05, 4.69) is 4.72 Å². The third-order valence-corrected chi connectivity index (χ3v) is 4.74. The molecule has 4 nitrogen and oxygen atoms in total. The Morgan fingerprint density at radius 3 is 2.29 bits per heavy atom. The molecule has 108 valence electrons. The van der Waals surface area contributed by atoms with Gasteiger partial charge >= 0.3 is 0 Å². The number of benzene rings is 2. The van der Waals surface area contributed by atoms with E-state index in [9.17, 15) is 13.7 Å². The predicted octanol–water partition coefficient (Wildman–Crippen LogP) is 2.85. The van der Waals surface area contributed by atoms with Gasteiger partial charge in [0.2, 0.25) is 10.0 Å². The predicted molar refractivity (Wildman–Crippen MR) is 81.0 cm³/mol. The molecule has 0 fully saturated rings. The van der Waals surface area contributed by atoms with Crippen LogP contribution in [0.5, 0.6) is 0 Å². The molecule has 2 aromatic rings. The summed E-state index contributed by atoms with van der Waals surface area (Å²) in [5, 5.41) is 9.21. The van der Waals surface area contributed by atoms with Crippen LogP contribution in [0.3, 0.4) is 0 Å². The van der Waals surface area contributed by atoms with Crippen molar-refractivity contribution in [3.05, 3.63) is 65.2 Å². The van der Waals surface area contributed by atoms with Crippen LogP contribution in [-0.4, -0.2) is 8.42 Å². The number of hydrogen-bond acceptors (Lipinski definition) is 3. The standard InChI is InChI=1S/C16H16N2O2S/c1-12-8-9-15(10-13(12)2)21(19,20)18-16(11-17)14-6-4-3-5-7-14/h3-10,16,18H,1-2H3. The first-order chi connectivity index (χ1) is 9.94. The number of hydrogen-bond donors (Lipinski definition) is 1. The summed E-state index contributed by atoms with van der Waals surface area (Å²) in [5.41, 5.74) is 2.53. The van der Waals surface area contributed by atoms with Crippen molar-refractivity contribution in [3.8, 4) is 6.07 Å². The molecule has 1 atom stereocenters. The monoisotopic (exact) mass is 300 g/mol. The first-order valence-electron chi connectivity index (χ1n) is 6.48. The second-order valence-corrected chi connectivity index (χ2v) is 6.55. The molecule has 0 aliphatic rings. The van der Waals surface area contributed by atoms with Gasteiger partial charge in [-0.25, -0.2) is 8.42 Å². The average Bonchev–Trinajstić information content (AvgIpc) is 2.48. The maximum Gasteiger partial charge on any atom is 0.242 e. The van der Waals surface area contributed by atoms with E-state index in [-0.39, 0.29) is 4.90 Å². The van der Waals surface area contributed by atoms with Gasteiger partial charge in [-0.3, -0.25) is 0 Å². The number of nitrogens with zero attached hydrogens (tertiary/aromatic N) is 1. The lowest BCUT2D eigenvalue weighted by atomic mass is 10.1. The molecule has 0 heterocycles. The molecule has 1 unspecified atom stereocenters. The minimum atomic E-state index is -3.73. The summed E-state index contributed by atoms with van der Waals surface area (Å²) in [6.45, 7) is 3.77. The molecule has 0 aliphatic heterocycles. The van der Waals surface area contributed by atoms with Crippen LogP contribution in [0.2, 0.25) is 0 Å². The van der Waals surface area contributed by atoms with Crippen LogP contribution < -0.4 is 4.72 Å². The highest BCUT2D eigenvalue weighted by atomic mass is 32.2. The fourth-order valence-corrected chi connectivity index (χ4v) is 3.13. The molecule has 5 heteroatoms. The van der Waals surface area contributed by atoms with Crippen LogP contribution in [0, 0.1) is 25.2 Å². The summed E-state index contributed by atoms with van der Waals surface area (Å²) >= 11 is 0.